The van der Waals surface area contributed by atoms with E-state index in [1.807, 2.05) is 0 Å². The van der Waals surface area contributed by atoms with E-state index in [4.69, 9.17) is 4.74 Å². The predicted molar refractivity (Wildman–Crippen MR) is 125 cm³/mol. The van der Waals surface area contributed by atoms with Crippen LogP contribution in [-0.4, -0.2) is 37.0 Å². The maximum atomic E-state index is 14.4. The van der Waals surface area contributed by atoms with Gasteiger partial charge in [0.1, 0.15) is 4.90 Å². The van der Waals surface area contributed by atoms with Crippen molar-refractivity contribution in [2.45, 2.75) is 62.0 Å². The standard InChI is InChI=1S/C26H29NO7S/c1-15-16-8-11-26(22(15)28)20(12-16)25-10-5-9-24(2,14-34-23(25)29)19(25)13-21(26)35(32,33)18-7-4-3-6-17(18)27(30)31/h3-4,6-7,16,19-21H,1,5,8-14H2,2H3/t16-,19?,20?,21-,24-,25-,26+/m0/s1. The van der Waals surface area contributed by atoms with Gasteiger partial charge in [0.05, 0.1) is 27.6 Å². The normalized spacial score (nSPS) is 42.1. The number of nitro groups is 1. The molecule has 1 aromatic carbocycles. The lowest BCUT2D eigenvalue weighted by atomic mass is 9.35. The smallest absolute Gasteiger partial charge is 0.312 e. The summed E-state index contributed by atoms with van der Waals surface area (Å²) in [5, 5.41) is 10.6. The molecule has 0 amide bonds. The molecule has 0 N–H and O–H groups in total. The molecule has 1 heterocycles. The van der Waals surface area contributed by atoms with Crippen molar-refractivity contribution in [3.63, 3.8) is 0 Å². The fraction of sp³-hybridized carbons (Fsp3) is 0.615. The molecule has 0 aromatic heterocycles. The molecule has 6 fully saturated rings. The van der Waals surface area contributed by atoms with Crippen LogP contribution < -0.4 is 0 Å². The highest BCUT2D eigenvalue weighted by molar-refractivity contribution is 7.92. The molecule has 186 valence electrons. The summed E-state index contributed by atoms with van der Waals surface area (Å²) in [7, 11) is -4.30. The van der Waals surface area contributed by atoms with Gasteiger partial charge in [0.2, 0.25) is 0 Å². The van der Waals surface area contributed by atoms with Crippen LogP contribution in [0.5, 0.6) is 0 Å². The van der Waals surface area contributed by atoms with Gasteiger partial charge in [0.25, 0.3) is 5.69 Å². The first-order valence-electron chi connectivity index (χ1n) is 12.4. The topological polar surface area (TPSA) is 121 Å². The number of nitro benzene ring substituents is 1. The molecule has 1 aromatic rings. The molecule has 1 spiro atoms. The molecule has 35 heavy (non-hydrogen) atoms. The summed E-state index contributed by atoms with van der Waals surface area (Å²) in [6.45, 7) is 6.34. The number of ketones is 1. The number of rotatable bonds is 3. The number of esters is 1. The van der Waals surface area contributed by atoms with Crippen LogP contribution in [0, 0.1) is 44.1 Å². The summed E-state index contributed by atoms with van der Waals surface area (Å²) in [6.07, 6.45) is 3.88. The number of nitrogens with zero attached hydrogens (tertiary/aromatic N) is 1. The second kappa shape index (κ2) is 7.02. The van der Waals surface area contributed by atoms with Crippen LogP contribution in [0.3, 0.4) is 0 Å². The number of hydrogen-bond acceptors (Lipinski definition) is 7. The lowest BCUT2D eigenvalue weighted by molar-refractivity contribution is -0.387. The van der Waals surface area contributed by atoms with E-state index in [9.17, 15) is 28.1 Å². The molecule has 4 bridgehead atoms. The minimum atomic E-state index is -4.30. The largest absolute Gasteiger partial charge is 0.465 e. The highest BCUT2D eigenvalue weighted by Crippen LogP contribution is 2.73. The average molecular weight is 500 g/mol. The Hall–Kier alpha value is -2.55. The third kappa shape index (κ3) is 2.60. The maximum absolute atomic E-state index is 14.4. The highest BCUT2D eigenvalue weighted by Gasteiger charge is 2.77. The maximum Gasteiger partial charge on any atom is 0.312 e. The molecule has 8 nitrogen and oxygen atoms in total. The van der Waals surface area contributed by atoms with Gasteiger partial charge in [-0.05, 0) is 67.9 Å². The number of ether oxygens (including phenoxy) is 1. The van der Waals surface area contributed by atoms with E-state index < -0.39 is 42.4 Å². The zero-order valence-corrected chi connectivity index (χ0v) is 20.5. The van der Waals surface area contributed by atoms with E-state index >= 15 is 0 Å². The summed E-state index contributed by atoms with van der Waals surface area (Å²) in [5.74, 6) is -1.36. The fourth-order valence-electron chi connectivity index (χ4n) is 8.89. The van der Waals surface area contributed by atoms with Gasteiger partial charge in [-0.2, -0.15) is 0 Å². The van der Waals surface area contributed by atoms with E-state index in [0.717, 1.165) is 12.8 Å². The first-order valence-corrected chi connectivity index (χ1v) is 13.9. The third-order valence-corrected chi connectivity index (χ3v) is 12.7. The van der Waals surface area contributed by atoms with Crippen molar-refractivity contribution in [1.82, 2.24) is 0 Å². The molecule has 7 atom stereocenters. The van der Waals surface area contributed by atoms with Crippen molar-refractivity contribution >= 4 is 27.3 Å². The number of fused-ring (bicyclic) bond motifs is 2. The third-order valence-electron chi connectivity index (χ3n) is 10.4. The summed E-state index contributed by atoms with van der Waals surface area (Å²) in [4.78, 5) is 38.4. The van der Waals surface area contributed by atoms with Gasteiger partial charge >= 0.3 is 5.97 Å². The van der Waals surface area contributed by atoms with Crippen LogP contribution >= 0.6 is 0 Å². The van der Waals surface area contributed by atoms with Gasteiger partial charge in [0, 0.05) is 11.5 Å². The van der Waals surface area contributed by atoms with E-state index in [-0.39, 0.29) is 46.9 Å². The zero-order valence-electron chi connectivity index (χ0n) is 19.7. The molecular weight excluding hydrogens is 470 g/mol. The minimum absolute atomic E-state index is 0.0696. The Bertz CT molecular complexity index is 1300. The van der Waals surface area contributed by atoms with Crippen LogP contribution in [0.1, 0.15) is 51.9 Å². The van der Waals surface area contributed by atoms with Crippen LogP contribution in [0.25, 0.3) is 0 Å². The van der Waals surface area contributed by atoms with Gasteiger partial charge in [-0.15, -0.1) is 0 Å². The van der Waals surface area contributed by atoms with Gasteiger partial charge in [-0.3, -0.25) is 19.7 Å². The lowest BCUT2D eigenvalue weighted by Gasteiger charge is -2.69. The van der Waals surface area contributed by atoms with Crippen molar-refractivity contribution in [3.05, 3.63) is 46.5 Å². The van der Waals surface area contributed by atoms with Crippen molar-refractivity contribution in [2.24, 2.45) is 34.0 Å². The fourth-order valence-corrected chi connectivity index (χ4v) is 11.3. The van der Waals surface area contributed by atoms with E-state index in [1.165, 1.54) is 24.3 Å². The highest BCUT2D eigenvalue weighted by atomic mass is 32.2. The number of Topliss-reactive ketones (excluding diaryl/α,β-unsaturated/α-hetero) is 1. The molecule has 6 aliphatic rings. The quantitative estimate of drug-likeness (QED) is 0.266. The summed E-state index contributed by atoms with van der Waals surface area (Å²) < 4.78 is 34.5. The average Bonchev–Trinajstić information content (AvgIpc) is 2.84. The summed E-state index contributed by atoms with van der Waals surface area (Å²) >= 11 is 0. The lowest BCUT2D eigenvalue weighted by Crippen LogP contribution is -2.73. The molecule has 0 radical (unpaired) electrons. The van der Waals surface area contributed by atoms with Gasteiger partial charge < -0.3 is 4.74 Å². The number of benzene rings is 1. The Morgan fingerprint density at radius 3 is 2.57 bits per heavy atom. The molecule has 1 saturated heterocycles. The number of hydrogen-bond donors (Lipinski definition) is 0. The molecule has 7 rings (SSSR count). The Morgan fingerprint density at radius 1 is 1.09 bits per heavy atom. The van der Waals surface area contributed by atoms with E-state index in [0.29, 0.717) is 31.3 Å². The SMILES string of the molecule is C=C1C(=O)[C@]23CC[C@H]1CC2[C@@]12CCC[C@@](C)(COC1=O)C2C[C@@H]3S(=O)(=O)c1ccccc1[N+](=O)[O-]. The van der Waals surface area contributed by atoms with Crippen LogP contribution in [0.4, 0.5) is 5.69 Å². The number of carbonyl (C=O) groups is 2. The molecule has 1 aliphatic heterocycles. The van der Waals surface area contributed by atoms with Crippen molar-refractivity contribution < 1.29 is 27.7 Å². The minimum Gasteiger partial charge on any atom is -0.465 e. The number of sulfone groups is 1. The molecule has 9 heteroatoms. The zero-order chi connectivity index (χ0) is 25.0. The van der Waals surface area contributed by atoms with Crippen LogP contribution in [-0.2, 0) is 24.2 Å². The van der Waals surface area contributed by atoms with Crippen molar-refractivity contribution in [2.75, 3.05) is 6.61 Å². The predicted octanol–water partition coefficient (Wildman–Crippen LogP) is 4.03. The molecule has 2 unspecified atom stereocenters. The van der Waals surface area contributed by atoms with Crippen LogP contribution in [0.2, 0.25) is 0 Å². The number of cyclic esters (lactones) is 1. The number of para-hydroxylation sites is 1. The Morgan fingerprint density at radius 2 is 1.83 bits per heavy atom. The second-order valence-corrected chi connectivity index (χ2v) is 13.7. The van der Waals surface area contributed by atoms with Gasteiger partial charge in [-0.1, -0.05) is 32.1 Å². The van der Waals surface area contributed by atoms with Crippen molar-refractivity contribution in [3.8, 4) is 0 Å². The Balaban J connectivity index is 1.61. The first kappa shape index (κ1) is 22.9. The first-order chi connectivity index (χ1) is 16.5. The molecule has 5 saturated carbocycles. The summed E-state index contributed by atoms with van der Waals surface area (Å²) in [6, 6.07) is 5.38. The summed E-state index contributed by atoms with van der Waals surface area (Å²) in [5.41, 5.74) is -2.64. The molecule has 5 aliphatic carbocycles. The van der Waals surface area contributed by atoms with Gasteiger partial charge in [0.15, 0.2) is 15.6 Å². The van der Waals surface area contributed by atoms with E-state index in [2.05, 4.69) is 13.5 Å². The van der Waals surface area contributed by atoms with E-state index in [1.54, 1.807) is 0 Å². The number of carbonyl (C=O) groups excluding carboxylic acids is 2. The molecular formula is C26H29NO7S. The van der Waals surface area contributed by atoms with Gasteiger partial charge in [-0.25, -0.2) is 8.42 Å². The van der Waals surface area contributed by atoms with Crippen molar-refractivity contribution in [1.29, 1.82) is 0 Å². The monoisotopic (exact) mass is 499 g/mol. The second-order valence-electron chi connectivity index (χ2n) is 11.6. The Labute approximate surface area is 204 Å². The Kier molecular flexibility index (Phi) is 4.59. The number of allylic oxidation sites excluding steroid dienone is 1. The van der Waals surface area contributed by atoms with Crippen LogP contribution in [0.15, 0.2) is 41.3 Å².